The molecular formula is C23H29P. The molecule has 2 aromatic carbocycles. The van der Waals surface area contributed by atoms with Gasteiger partial charge in [-0.3, -0.25) is 0 Å². The lowest BCUT2D eigenvalue weighted by Gasteiger charge is -2.24. The minimum Gasteiger partial charge on any atom is -0.0793 e. The summed E-state index contributed by atoms with van der Waals surface area (Å²) >= 11 is 0. The van der Waals surface area contributed by atoms with Gasteiger partial charge in [-0.2, -0.15) is 0 Å². The van der Waals surface area contributed by atoms with Crippen molar-refractivity contribution in [2.24, 2.45) is 0 Å². The first-order valence-corrected chi connectivity index (χ1v) is 10.6. The van der Waals surface area contributed by atoms with Gasteiger partial charge in [0.1, 0.15) is 0 Å². The van der Waals surface area contributed by atoms with Gasteiger partial charge in [-0.05, 0) is 45.1 Å². The minimum atomic E-state index is -0.0802. The number of fused-ring (bicyclic) bond motifs is 1. The van der Waals surface area contributed by atoms with Crippen molar-refractivity contribution in [1.82, 2.24) is 0 Å². The topological polar surface area (TPSA) is 0 Å². The molecule has 3 rings (SSSR count). The van der Waals surface area contributed by atoms with Crippen LogP contribution in [-0.2, 0) is 10.8 Å². The maximum atomic E-state index is 2.48. The molecule has 0 fully saturated rings. The van der Waals surface area contributed by atoms with Gasteiger partial charge in [0.2, 0.25) is 0 Å². The molecule has 0 spiro atoms. The fraction of sp³-hybridized carbons (Fsp3) is 0.391. The van der Waals surface area contributed by atoms with E-state index in [1.807, 2.05) is 0 Å². The zero-order valence-corrected chi connectivity index (χ0v) is 16.5. The third-order valence-electron chi connectivity index (χ3n) is 4.95. The smallest absolute Gasteiger partial charge is 0.00548 e. The van der Waals surface area contributed by atoms with Crippen molar-refractivity contribution >= 4 is 19.3 Å². The van der Waals surface area contributed by atoms with Crippen LogP contribution in [0, 0.1) is 0 Å². The first-order chi connectivity index (χ1) is 11.3. The van der Waals surface area contributed by atoms with Gasteiger partial charge in [0.15, 0.2) is 0 Å². The molecule has 2 aromatic rings. The molecule has 24 heavy (non-hydrogen) atoms. The van der Waals surface area contributed by atoms with E-state index >= 15 is 0 Å². The quantitative estimate of drug-likeness (QED) is 0.594. The highest BCUT2D eigenvalue weighted by atomic mass is 31.1. The van der Waals surface area contributed by atoms with Crippen LogP contribution in [0.2, 0.25) is 0 Å². The van der Waals surface area contributed by atoms with Crippen LogP contribution < -0.4 is 5.30 Å². The fourth-order valence-electron chi connectivity index (χ4n) is 3.51. The zero-order valence-electron chi connectivity index (χ0n) is 15.6. The average molecular weight is 336 g/mol. The fourth-order valence-corrected chi connectivity index (χ4v) is 6.48. The monoisotopic (exact) mass is 336 g/mol. The van der Waals surface area contributed by atoms with E-state index < -0.39 is 0 Å². The molecule has 0 saturated carbocycles. The van der Waals surface area contributed by atoms with Gasteiger partial charge < -0.3 is 0 Å². The Morgan fingerprint density at radius 2 is 1.75 bits per heavy atom. The summed E-state index contributed by atoms with van der Waals surface area (Å²) < 4.78 is 0. The van der Waals surface area contributed by atoms with E-state index in [0.29, 0.717) is 5.41 Å². The first kappa shape index (κ1) is 17.4. The number of hydrogen-bond acceptors (Lipinski definition) is 0. The summed E-state index contributed by atoms with van der Waals surface area (Å²) in [7, 11) is -0.0802. The van der Waals surface area contributed by atoms with Crippen molar-refractivity contribution < 1.29 is 0 Å². The Hall–Kier alpha value is -1.39. The number of rotatable bonds is 3. The molecule has 0 aromatic heterocycles. The summed E-state index contributed by atoms with van der Waals surface area (Å²) in [6.45, 7) is 11.8. The van der Waals surface area contributed by atoms with E-state index in [0.717, 1.165) is 0 Å². The molecule has 0 N–H and O–H groups in total. The van der Waals surface area contributed by atoms with E-state index in [4.69, 9.17) is 0 Å². The molecule has 1 aliphatic heterocycles. The highest BCUT2D eigenvalue weighted by Gasteiger charge is 2.36. The number of benzene rings is 2. The van der Waals surface area contributed by atoms with Crippen molar-refractivity contribution in [1.29, 1.82) is 0 Å². The molecular weight excluding hydrogens is 307 g/mol. The van der Waals surface area contributed by atoms with E-state index in [2.05, 4.69) is 95.3 Å². The third-order valence-corrected chi connectivity index (χ3v) is 7.85. The second kappa shape index (κ2) is 6.49. The lowest BCUT2D eigenvalue weighted by Crippen LogP contribution is -2.20. The first-order valence-electron chi connectivity index (χ1n) is 8.89. The average Bonchev–Trinajstić information content (AvgIpc) is 2.78. The zero-order chi connectivity index (χ0) is 17.4. The van der Waals surface area contributed by atoms with Crippen LogP contribution >= 0.6 is 7.92 Å². The Morgan fingerprint density at radius 3 is 2.42 bits per heavy atom. The van der Waals surface area contributed by atoms with E-state index in [-0.39, 0.29) is 13.3 Å². The Morgan fingerprint density at radius 1 is 1.04 bits per heavy atom. The molecule has 1 atom stereocenters. The van der Waals surface area contributed by atoms with Crippen molar-refractivity contribution in [3.05, 3.63) is 71.3 Å². The van der Waals surface area contributed by atoms with Crippen LogP contribution in [0.3, 0.4) is 0 Å². The Bertz CT molecular complexity index is 732. The van der Waals surface area contributed by atoms with E-state index in [1.165, 1.54) is 23.5 Å². The van der Waals surface area contributed by atoms with Gasteiger partial charge in [-0.15, -0.1) is 0 Å². The van der Waals surface area contributed by atoms with Crippen LogP contribution in [-0.4, -0.2) is 12.3 Å². The molecule has 1 heteroatoms. The van der Waals surface area contributed by atoms with Crippen molar-refractivity contribution in [3.63, 3.8) is 0 Å². The number of hydrogen-bond donors (Lipinski definition) is 0. The highest BCUT2D eigenvalue weighted by molar-refractivity contribution is 7.66. The maximum Gasteiger partial charge on any atom is -0.00548 e. The Labute approximate surface area is 148 Å². The van der Waals surface area contributed by atoms with Crippen LogP contribution in [0.15, 0.2) is 54.6 Å². The molecule has 1 heterocycles. The lowest BCUT2D eigenvalue weighted by molar-refractivity contribution is 0.578. The molecule has 0 bridgehead atoms. The standard InChI is InChI=1S/C23H29P/c1-22(2,3)19-13-14-21-20(16-19)23(4,5)17-24(21)15-9-12-18-10-7-6-8-11-18/h6-14,16H,15,17H2,1-5H3/b12-9+. The second-order valence-electron chi connectivity index (χ2n) is 8.56. The lowest BCUT2D eigenvalue weighted by atomic mass is 9.81. The van der Waals surface area contributed by atoms with Gasteiger partial charge in [-0.25, -0.2) is 0 Å². The summed E-state index contributed by atoms with van der Waals surface area (Å²) in [5.74, 6) is 0. The van der Waals surface area contributed by atoms with Gasteiger partial charge in [0.05, 0.1) is 0 Å². The summed E-state index contributed by atoms with van der Waals surface area (Å²) in [6, 6.07) is 17.9. The normalized spacial score (nSPS) is 19.6. The van der Waals surface area contributed by atoms with Crippen LogP contribution in [0.4, 0.5) is 0 Å². The third kappa shape index (κ3) is 3.65. The van der Waals surface area contributed by atoms with Crippen molar-refractivity contribution in [3.8, 4) is 0 Å². The van der Waals surface area contributed by atoms with Gasteiger partial charge in [0, 0.05) is 0 Å². The summed E-state index contributed by atoms with van der Waals surface area (Å²) in [5.41, 5.74) is 4.89. The predicted octanol–water partition coefficient (Wildman–Crippen LogP) is 6.10. The van der Waals surface area contributed by atoms with E-state index in [9.17, 15) is 0 Å². The number of allylic oxidation sites excluding steroid dienone is 1. The highest BCUT2D eigenvalue weighted by Crippen LogP contribution is 2.51. The van der Waals surface area contributed by atoms with Crippen molar-refractivity contribution in [2.75, 3.05) is 12.3 Å². The largest absolute Gasteiger partial charge is 0.0793 e. The Balaban J connectivity index is 1.83. The second-order valence-corrected chi connectivity index (χ2v) is 10.8. The van der Waals surface area contributed by atoms with E-state index in [1.54, 1.807) is 10.9 Å². The van der Waals surface area contributed by atoms with Crippen LogP contribution in [0.5, 0.6) is 0 Å². The van der Waals surface area contributed by atoms with Gasteiger partial charge in [-0.1, -0.05) is 103 Å². The molecule has 1 aliphatic rings. The molecule has 0 saturated heterocycles. The van der Waals surface area contributed by atoms with Gasteiger partial charge in [0.25, 0.3) is 0 Å². The predicted molar refractivity (Wildman–Crippen MR) is 110 cm³/mol. The molecule has 0 radical (unpaired) electrons. The molecule has 0 amide bonds. The minimum absolute atomic E-state index is 0.0802. The molecule has 0 aliphatic carbocycles. The molecule has 0 nitrogen and oxygen atoms in total. The Kier molecular flexibility index (Phi) is 4.71. The molecule has 1 unspecified atom stereocenters. The summed E-state index contributed by atoms with van der Waals surface area (Å²) in [5, 5.41) is 1.63. The summed E-state index contributed by atoms with van der Waals surface area (Å²) in [4.78, 5) is 0. The van der Waals surface area contributed by atoms with Crippen molar-refractivity contribution in [2.45, 2.75) is 45.4 Å². The molecule has 126 valence electrons. The maximum absolute atomic E-state index is 2.48. The van der Waals surface area contributed by atoms with Crippen LogP contribution in [0.1, 0.15) is 51.3 Å². The van der Waals surface area contributed by atoms with Crippen LogP contribution in [0.25, 0.3) is 6.08 Å². The SMILES string of the molecule is CC(C)(C)c1ccc2c(c1)C(C)(C)CP2C/C=C/c1ccccc1. The van der Waals surface area contributed by atoms with Gasteiger partial charge >= 0.3 is 0 Å². The summed E-state index contributed by atoms with van der Waals surface area (Å²) in [6.07, 6.45) is 7.15.